The number of likely N-dealkylation sites (N-methyl/N-ethyl adjacent to an activating group) is 1. The molecule has 1 spiro atoms. The Hall–Kier alpha value is -4.39. The van der Waals surface area contributed by atoms with Crippen molar-refractivity contribution in [3.63, 3.8) is 0 Å². The lowest BCUT2D eigenvalue weighted by Gasteiger charge is -2.34. The van der Waals surface area contributed by atoms with Gasteiger partial charge in [0.15, 0.2) is 11.0 Å². The lowest BCUT2D eigenvalue weighted by molar-refractivity contribution is -0.126. The highest BCUT2D eigenvalue weighted by atomic mass is 16.5. The standard InChI is InChI=1S/C29H24N2O5/c1-3-30-22-10-6-5-9-21(22)29(28(30)34)24-25(32)20-8-4-7-11-23(20)36-26(24)27(33)31(29)17-16-18-12-14-19(35-2)15-13-18/h4-15H,3,16-17H2,1-2H3. The minimum Gasteiger partial charge on any atom is -0.497 e. The van der Waals surface area contributed by atoms with Crippen LogP contribution in [0.25, 0.3) is 11.0 Å². The largest absolute Gasteiger partial charge is 0.497 e. The van der Waals surface area contributed by atoms with E-state index in [9.17, 15) is 14.4 Å². The maximum absolute atomic E-state index is 14.3. The topological polar surface area (TPSA) is 80.1 Å². The predicted molar refractivity (Wildman–Crippen MR) is 135 cm³/mol. The van der Waals surface area contributed by atoms with Crippen molar-refractivity contribution in [2.75, 3.05) is 25.1 Å². The molecule has 0 N–H and O–H groups in total. The summed E-state index contributed by atoms with van der Waals surface area (Å²) in [7, 11) is 1.61. The number of hydrogen-bond acceptors (Lipinski definition) is 5. The van der Waals surface area contributed by atoms with E-state index in [1.807, 2.05) is 55.5 Å². The van der Waals surface area contributed by atoms with E-state index in [1.165, 1.54) is 4.90 Å². The Morgan fingerprint density at radius 3 is 2.39 bits per heavy atom. The van der Waals surface area contributed by atoms with Gasteiger partial charge < -0.3 is 19.0 Å². The van der Waals surface area contributed by atoms with Crippen LogP contribution < -0.4 is 15.1 Å². The molecule has 3 aromatic carbocycles. The molecule has 2 amide bonds. The number of fused-ring (bicyclic) bond motifs is 5. The van der Waals surface area contributed by atoms with Gasteiger partial charge >= 0.3 is 0 Å². The Bertz CT molecular complexity index is 1590. The van der Waals surface area contributed by atoms with Crippen LogP contribution in [0.5, 0.6) is 5.75 Å². The first kappa shape index (κ1) is 22.1. The minimum atomic E-state index is -1.57. The molecule has 0 aliphatic carbocycles. The zero-order valence-corrected chi connectivity index (χ0v) is 20.0. The van der Waals surface area contributed by atoms with Gasteiger partial charge in [0.1, 0.15) is 11.3 Å². The van der Waals surface area contributed by atoms with Gasteiger partial charge in [-0.25, -0.2) is 0 Å². The van der Waals surface area contributed by atoms with Crippen LogP contribution in [-0.4, -0.2) is 36.9 Å². The summed E-state index contributed by atoms with van der Waals surface area (Å²) in [6.07, 6.45) is 0.487. The zero-order valence-electron chi connectivity index (χ0n) is 20.0. The van der Waals surface area contributed by atoms with Crippen LogP contribution in [0.2, 0.25) is 0 Å². The fraction of sp³-hybridized carbons (Fsp3) is 0.207. The second kappa shape index (κ2) is 8.09. The van der Waals surface area contributed by atoms with Gasteiger partial charge in [-0.05, 0) is 49.2 Å². The second-order valence-electron chi connectivity index (χ2n) is 8.96. The number of anilines is 1. The molecule has 1 atom stereocenters. The molecule has 6 rings (SSSR count). The summed E-state index contributed by atoms with van der Waals surface area (Å²) in [6, 6.07) is 21.8. The van der Waals surface area contributed by atoms with Crippen LogP contribution in [0, 0.1) is 0 Å². The first-order chi connectivity index (χ1) is 17.5. The summed E-state index contributed by atoms with van der Waals surface area (Å²) < 4.78 is 11.3. The maximum Gasteiger partial charge on any atom is 0.291 e. The van der Waals surface area contributed by atoms with Crippen molar-refractivity contribution in [2.45, 2.75) is 18.9 Å². The molecule has 0 saturated carbocycles. The van der Waals surface area contributed by atoms with Crippen LogP contribution >= 0.6 is 0 Å². The Kier molecular flexibility index (Phi) is 4.96. The van der Waals surface area contributed by atoms with Crippen molar-refractivity contribution < 1.29 is 18.7 Å². The summed E-state index contributed by atoms with van der Waals surface area (Å²) in [6.45, 7) is 2.52. The van der Waals surface area contributed by atoms with Crippen LogP contribution in [-0.2, 0) is 16.8 Å². The van der Waals surface area contributed by atoms with Crippen LogP contribution in [0.15, 0.2) is 82.0 Å². The number of methoxy groups -OCH3 is 1. The van der Waals surface area contributed by atoms with Crippen molar-refractivity contribution in [3.8, 4) is 5.75 Å². The van der Waals surface area contributed by atoms with Gasteiger partial charge in [-0.1, -0.05) is 42.5 Å². The molecule has 2 aliphatic rings. The van der Waals surface area contributed by atoms with Gasteiger partial charge in [0.2, 0.25) is 5.76 Å². The first-order valence-corrected chi connectivity index (χ1v) is 11.9. The molecule has 1 aromatic heterocycles. The molecule has 0 radical (unpaired) electrons. The number of hydrogen-bond donors (Lipinski definition) is 0. The third-order valence-corrected chi connectivity index (χ3v) is 7.24. The van der Waals surface area contributed by atoms with E-state index < -0.39 is 11.4 Å². The average molecular weight is 481 g/mol. The molecule has 0 fully saturated rings. The molecular weight excluding hydrogens is 456 g/mol. The maximum atomic E-state index is 14.3. The summed E-state index contributed by atoms with van der Waals surface area (Å²) in [5.74, 6) is -0.0903. The smallest absolute Gasteiger partial charge is 0.291 e. The lowest BCUT2D eigenvalue weighted by Crippen LogP contribution is -2.54. The van der Waals surface area contributed by atoms with Crippen molar-refractivity contribution in [2.24, 2.45) is 0 Å². The molecular formula is C29H24N2O5. The number of rotatable bonds is 5. The lowest BCUT2D eigenvalue weighted by atomic mass is 9.83. The fourth-order valence-corrected chi connectivity index (χ4v) is 5.58. The molecule has 3 heterocycles. The van der Waals surface area contributed by atoms with Gasteiger partial charge in [0, 0.05) is 18.7 Å². The fourth-order valence-electron chi connectivity index (χ4n) is 5.58. The van der Waals surface area contributed by atoms with Crippen molar-refractivity contribution >= 4 is 28.5 Å². The summed E-state index contributed by atoms with van der Waals surface area (Å²) in [5.41, 5.74) is 0.811. The highest BCUT2D eigenvalue weighted by molar-refractivity contribution is 6.17. The highest BCUT2D eigenvalue weighted by Crippen LogP contribution is 2.52. The van der Waals surface area contributed by atoms with E-state index >= 15 is 0 Å². The molecule has 0 saturated heterocycles. The van der Waals surface area contributed by atoms with Crippen molar-refractivity contribution in [1.29, 1.82) is 0 Å². The molecule has 7 nitrogen and oxygen atoms in total. The van der Waals surface area contributed by atoms with E-state index in [0.29, 0.717) is 35.2 Å². The normalized spacial score (nSPS) is 18.3. The van der Waals surface area contributed by atoms with E-state index in [2.05, 4.69) is 0 Å². The second-order valence-corrected chi connectivity index (χ2v) is 8.96. The Balaban J connectivity index is 1.58. The Morgan fingerprint density at radius 2 is 1.64 bits per heavy atom. The third kappa shape index (κ3) is 2.83. The van der Waals surface area contributed by atoms with Crippen LogP contribution in [0.4, 0.5) is 5.69 Å². The number of nitrogens with zero attached hydrogens (tertiary/aromatic N) is 2. The molecule has 7 heteroatoms. The number of ether oxygens (including phenoxy) is 1. The third-order valence-electron chi connectivity index (χ3n) is 7.24. The number of amides is 2. The number of benzene rings is 3. The van der Waals surface area contributed by atoms with Gasteiger partial charge in [-0.15, -0.1) is 0 Å². The average Bonchev–Trinajstić information content (AvgIpc) is 3.31. The van der Waals surface area contributed by atoms with Gasteiger partial charge in [0.05, 0.1) is 23.7 Å². The van der Waals surface area contributed by atoms with Crippen molar-refractivity contribution in [1.82, 2.24) is 4.90 Å². The van der Waals surface area contributed by atoms with E-state index in [4.69, 9.17) is 9.15 Å². The van der Waals surface area contributed by atoms with Crippen LogP contribution in [0.3, 0.4) is 0 Å². The molecule has 0 bridgehead atoms. The Morgan fingerprint density at radius 1 is 0.917 bits per heavy atom. The highest BCUT2D eigenvalue weighted by Gasteiger charge is 2.64. The van der Waals surface area contributed by atoms with Gasteiger partial charge in [-0.3, -0.25) is 14.4 Å². The number of carbonyl (C=O) groups is 2. The van der Waals surface area contributed by atoms with Gasteiger partial charge in [-0.2, -0.15) is 0 Å². The monoisotopic (exact) mass is 480 g/mol. The summed E-state index contributed by atoms with van der Waals surface area (Å²) in [5, 5.41) is 0.348. The summed E-state index contributed by atoms with van der Waals surface area (Å²) >= 11 is 0. The first-order valence-electron chi connectivity index (χ1n) is 11.9. The van der Waals surface area contributed by atoms with E-state index in [1.54, 1.807) is 36.3 Å². The molecule has 36 heavy (non-hydrogen) atoms. The quantitative estimate of drug-likeness (QED) is 0.430. The van der Waals surface area contributed by atoms with Crippen LogP contribution in [0.1, 0.15) is 34.2 Å². The summed E-state index contributed by atoms with van der Waals surface area (Å²) in [4.78, 5) is 45.3. The molecule has 180 valence electrons. The van der Waals surface area contributed by atoms with E-state index in [0.717, 1.165) is 11.3 Å². The number of carbonyl (C=O) groups excluding carboxylic acids is 2. The van der Waals surface area contributed by atoms with Gasteiger partial charge in [0.25, 0.3) is 11.8 Å². The van der Waals surface area contributed by atoms with Crippen molar-refractivity contribution in [3.05, 3.63) is 105 Å². The molecule has 1 unspecified atom stereocenters. The molecule has 4 aromatic rings. The predicted octanol–water partition coefficient (Wildman–Crippen LogP) is 4.11. The minimum absolute atomic E-state index is 0.0606. The SMILES string of the molecule is CCN1C(=O)C2(c3ccccc31)c1c(oc3ccccc3c1=O)C(=O)N2CCc1ccc(OC)cc1. The number of para-hydroxylation sites is 2. The van der Waals surface area contributed by atoms with E-state index in [-0.39, 0.29) is 29.2 Å². The Labute approximate surface area is 207 Å². The zero-order chi connectivity index (χ0) is 25.0. The molecule has 2 aliphatic heterocycles.